The van der Waals surface area contributed by atoms with E-state index in [0.29, 0.717) is 28.7 Å². The average molecular weight is 410 g/mol. The molecule has 0 bridgehead atoms. The van der Waals surface area contributed by atoms with Crippen LogP contribution in [0, 0.1) is 0 Å². The minimum Gasteiger partial charge on any atom is -0.497 e. The first-order valence-corrected chi connectivity index (χ1v) is 9.66. The normalized spacial score (nSPS) is 10.9. The lowest BCUT2D eigenvalue weighted by Crippen LogP contribution is -2.14. The molecule has 0 radical (unpaired) electrons. The maximum Gasteiger partial charge on any atom is 0.258 e. The lowest BCUT2D eigenvalue weighted by atomic mass is 10.0. The van der Waals surface area contributed by atoms with Gasteiger partial charge in [0.1, 0.15) is 11.4 Å². The molecule has 152 valence electrons. The molecule has 0 saturated heterocycles. The summed E-state index contributed by atoms with van der Waals surface area (Å²) < 4.78 is 10.6. The van der Waals surface area contributed by atoms with E-state index in [9.17, 15) is 4.79 Å². The number of carbonyl (C=O) groups excluding carboxylic acids is 1. The van der Waals surface area contributed by atoms with Crippen molar-refractivity contribution >= 4 is 22.8 Å². The van der Waals surface area contributed by atoms with E-state index in [0.717, 1.165) is 22.2 Å². The van der Waals surface area contributed by atoms with Crippen LogP contribution in [0.25, 0.3) is 33.6 Å². The number of imidazole rings is 1. The first-order chi connectivity index (χ1) is 15.2. The SMILES string of the molecule is COc1ccc(-c2cc(C(=O)Nc3ncc(-c4ccco4)[nH]3)c3ccccc3n2)cc1. The summed E-state index contributed by atoms with van der Waals surface area (Å²) in [5.41, 5.74) is 3.50. The molecule has 31 heavy (non-hydrogen) atoms. The quantitative estimate of drug-likeness (QED) is 0.418. The van der Waals surface area contributed by atoms with Crippen molar-refractivity contribution in [2.24, 2.45) is 0 Å². The van der Waals surface area contributed by atoms with Gasteiger partial charge in [0.15, 0.2) is 5.76 Å². The molecule has 7 nitrogen and oxygen atoms in total. The number of carbonyl (C=O) groups is 1. The summed E-state index contributed by atoms with van der Waals surface area (Å²) in [4.78, 5) is 25.2. The number of ether oxygens (including phenoxy) is 1. The highest BCUT2D eigenvalue weighted by molar-refractivity contribution is 6.12. The number of methoxy groups -OCH3 is 1. The molecule has 0 aliphatic heterocycles. The van der Waals surface area contributed by atoms with Crippen LogP contribution in [0.5, 0.6) is 5.75 Å². The summed E-state index contributed by atoms with van der Waals surface area (Å²) >= 11 is 0. The van der Waals surface area contributed by atoms with Crippen LogP contribution in [-0.4, -0.2) is 28.0 Å². The summed E-state index contributed by atoms with van der Waals surface area (Å²) in [7, 11) is 1.62. The number of nitrogens with zero attached hydrogens (tertiary/aromatic N) is 2. The number of nitrogens with one attached hydrogen (secondary N) is 2. The van der Waals surface area contributed by atoms with Crippen molar-refractivity contribution in [2.45, 2.75) is 0 Å². The van der Waals surface area contributed by atoms with E-state index in [1.54, 1.807) is 31.7 Å². The number of H-pyrrole nitrogens is 1. The minimum atomic E-state index is -0.284. The van der Waals surface area contributed by atoms with Crippen LogP contribution in [0.15, 0.2) is 83.6 Å². The Kier molecular flexibility index (Phi) is 4.68. The Balaban J connectivity index is 1.51. The van der Waals surface area contributed by atoms with Gasteiger partial charge in [0.2, 0.25) is 5.95 Å². The Hall–Kier alpha value is -4.39. The second-order valence-corrected chi connectivity index (χ2v) is 6.88. The van der Waals surface area contributed by atoms with Gasteiger partial charge in [-0.1, -0.05) is 18.2 Å². The largest absolute Gasteiger partial charge is 0.497 e. The third kappa shape index (κ3) is 3.64. The van der Waals surface area contributed by atoms with E-state index in [1.807, 2.05) is 54.6 Å². The maximum atomic E-state index is 13.2. The molecule has 0 atom stereocenters. The molecule has 3 heterocycles. The van der Waals surface area contributed by atoms with Crippen LogP contribution in [0.3, 0.4) is 0 Å². The number of aromatic nitrogens is 3. The number of benzene rings is 2. The van der Waals surface area contributed by atoms with Gasteiger partial charge in [-0.15, -0.1) is 0 Å². The second kappa shape index (κ2) is 7.79. The van der Waals surface area contributed by atoms with Crippen LogP contribution < -0.4 is 10.1 Å². The summed E-state index contributed by atoms with van der Waals surface area (Å²) in [5, 5.41) is 3.59. The lowest BCUT2D eigenvalue weighted by molar-refractivity contribution is 0.102. The van der Waals surface area contributed by atoms with E-state index in [1.165, 1.54) is 0 Å². The van der Waals surface area contributed by atoms with Crippen molar-refractivity contribution in [1.29, 1.82) is 0 Å². The fourth-order valence-electron chi connectivity index (χ4n) is 3.39. The van der Waals surface area contributed by atoms with Gasteiger partial charge in [0.25, 0.3) is 5.91 Å². The highest BCUT2D eigenvalue weighted by Gasteiger charge is 2.16. The van der Waals surface area contributed by atoms with Gasteiger partial charge in [-0.05, 0) is 48.5 Å². The van der Waals surface area contributed by atoms with Gasteiger partial charge in [-0.2, -0.15) is 0 Å². The Labute approximate surface area is 177 Å². The molecule has 3 aromatic heterocycles. The van der Waals surface area contributed by atoms with Crippen LogP contribution in [-0.2, 0) is 0 Å². The monoisotopic (exact) mass is 410 g/mol. The van der Waals surface area contributed by atoms with Crippen molar-refractivity contribution in [3.63, 3.8) is 0 Å². The van der Waals surface area contributed by atoms with Crippen molar-refractivity contribution in [2.75, 3.05) is 12.4 Å². The van der Waals surface area contributed by atoms with Crippen LogP contribution >= 0.6 is 0 Å². The summed E-state index contributed by atoms with van der Waals surface area (Å²) in [5.74, 6) is 1.45. The number of anilines is 1. The fourth-order valence-corrected chi connectivity index (χ4v) is 3.39. The van der Waals surface area contributed by atoms with Crippen molar-refractivity contribution in [3.05, 3.63) is 84.8 Å². The highest BCUT2D eigenvalue weighted by atomic mass is 16.5. The highest BCUT2D eigenvalue weighted by Crippen LogP contribution is 2.27. The summed E-state index contributed by atoms with van der Waals surface area (Å²) in [6.45, 7) is 0. The molecule has 5 aromatic rings. The van der Waals surface area contributed by atoms with E-state index in [4.69, 9.17) is 14.1 Å². The maximum absolute atomic E-state index is 13.2. The molecule has 0 aliphatic rings. The van der Waals surface area contributed by atoms with Crippen molar-refractivity contribution in [3.8, 4) is 28.5 Å². The molecular weight excluding hydrogens is 392 g/mol. The molecular formula is C24H18N4O3. The standard InChI is InChI=1S/C24H18N4O3/c1-30-16-10-8-15(9-11-16)20-13-18(17-5-2-3-6-19(17)26-20)23(29)28-24-25-14-21(27-24)22-7-4-12-31-22/h2-14H,1H3,(H2,25,27,28,29). The van der Waals surface area contributed by atoms with Crippen molar-refractivity contribution in [1.82, 2.24) is 15.0 Å². The number of amides is 1. The average Bonchev–Trinajstić information content (AvgIpc) is 3.50. The van der Waals surface area contributed by atoms with Gasteiger partial charge in [0.05, 0.1) is 36.3 Å². The van der Waals surface area contributed by atoms with Gasteiger partial charge < -0.3 is 14.1 Å². The van der Waals surface area contributed by atoms with Crippen LogP contribution in [0.2, 0.25) is 0 Å². The van der Waals surface area contributed by atoms with Crippen LogP contribution in [0.1, 0.15) is 10.4 Å². The molecule has 2 N–H and O–H groups in total. The Bertz CT molecular complexity index is 1360. The Morgan fingerprint density at radius 3 is 2.68 bits per heavy atom. The first-order valence-electron chi connectivity index (χ1n) is 9.66. The number of hydrogen-bond acceptors (Lipinski definition) is 5. The number of pyridine rings is 1. The van der Waals surface area contributed by atoms with Crippen LogP contribution in [0.4, 0.5) is 5.95 Å². The van der Waals surface area contributed by atoms with E-state index < -0.39 is 0 Å². The zero-order chi connectivity index (χ0) is 21.2. The number of aromatic amines is 1. The van der Waals surface area contributed by atoms with Gasteiger partial charge in [-0.3, -0.25) is 10.1 Å². The smallest absolute Gasteiger partial charge is 0.258 e. The number of rotatable bonds is 5. The second-order valence-electron chi connectivity index (χ2n) is 6.88. The zero-order valence-corrected chi connectivity index (χ0v) is 16.6. The van der Waals surface area contributed by atoms with E-state index in [-0.39, 0.29) is 5.91 Å². The van der Waals surface area contributed by atoms with Crippen molar-refractivity contribution < 1.29 is 13.9 Å². The molecule has 0 aliphatic carbocycles. The molecule has 2 aromatic carbocycles. The van der Waals surface area contributed by atoms with E-state index >= 15 is 0 Å². The number of para-hydroxylation sites is 1. The molecule has 0 saturated carbocycles. The third-order valence-corrected chi connectivity index (χ3v) is 4.94. The lowest BCUT2D eigenvalue weighted by Gasteiger charge is -2.10. The number of hydrogen-bond donors (Lipinski definition) is 2. The molecule has 5 rings (SSSR count). The third-order valence-electron chi connectivity index (χ3n) is 4.94. The number of fused-ring (bicyclic) bond motifs is 1. The predicted molar refractivity (Wildman–Crippen MR) is 118 cm³/mol. The summed E-state index contributed by atoms with van der Waals surface area (Å²) in [6, 6.07) is 20.5. The first kappa shape index (κ1) is 18.6. The molecule has 7 heteroatoms. The molecule has 0 fully saturated rings. The Morgan fingerprint density at radius 2 is 1.90 bits per heavy atom. The van der Waals surface area contributed by atoms with Gasteiger partial charge in [-0.25, -0.2) is 9.97 Å². The minimum absolute atomic E-state index is 0.284. The number of furan rings is 1. The van der Waals surface area contributed by atoms with E-state index in [2.05, 4.69) is 15.3 Å². The molecule has 0 unspecified atom stereocenters. The van der Waals surface area contributed by atoms with Gasteiger partial charge >= 0.3 is 0 Å². The Morgan fingerprint density at radius 1 is 1.06 bits per heavy atom. The topological polar surface area (TPSA) is 93.0 Å². The fraction of sp³-hybridized carbons (Fsp3) is 0.0417. The van der Waals surface area contributed by atoms with Gasteiger partial charge in [0, 0.05) is 10.9 Å². The summed E-state index contributed by atoms with van der Waals surface area (Å²) in [6.07, 6.45) is 3.19. The zero-order valence-electron chi connectivity index (χ0n) is 16.6. The predicted octanol–water partition coefficient (Wildman–Crippen LogP) is 5.15. The molecule has 1 amide bonds. The molecule has 0 spiro atoms.